The Hall–Kier alpha value is -2.62. The van der Waals surface area contributed by atoms with Crippen molar-refractivity contribution >= 4 is 11.8 Å². The second kappa shape index (κ2) is 6.11. The van der Waals surface area contributed by atoms with Crippen LogP contribution in [0.15, 0.2) is 34.6 Å². The van der Waals surface area contributed by atoms with Crippen LogP contribution in [0.2, 0.25) is 0 Å². The summed E-state index contributed by atoms with van der Waals surface area (Å²) in [5, 5.41) is 8.35. The van der Waals surface area contributed by atoms with Gasteiger partial charge in [-0.2, -0.15) is 0 Å². The first-order valence-corrected chi connectivity index (χ1v) is 8.03. The smallest absolute Gasteiger partial charge is 0.292 e. The number of hydrogen-bond donors (Lipinski definition) is 0. The zero-order valence-electron chi connectivity index (χ0n) is 15.0. The molecule has 0 radical (unpaired) electrons. The van der Waals surface area contributed by atoms with E-state index in [1.54, 1.807) is 0 Å². The minimum atomic E-state index is 0.399. The Labute approximate surface area is 142 Å². The van der Waals surface area contributed by atoms with E-state index in [1.807, 2.05) is 27.7 Å². The maximum atomic E-state index is 5.59. The van der Waals surface area contributed by atoms with Crippen LogP contribution in [0.5, 0.6) is 0 Å². The predicted molar refractivity (Wildman–Crippen MR) is 96.6 cm³/mol. The van der Waals surface area contributed by atoms with E-state index in [4.69, 9.17) is 9.68 Å². The number of hydrogen-bond acceptors (Lipinski definition) is 4. The lowest BCUT2D eigenvalue weighted by Gasteiger charge is -2.17. The average molecular weight is 322 g/mol. The van der Waals surface area contributed by atoms with Gasteiger partial charge < -0.3 is 9.68 Å². The summed E-state index contributed by atoms with van der Waals surface area (Å²) in [4.78, 5) is 11.2. The average Bonchev–Trinajstić information content (AvgIpc) is 2.46. The quantitative estimate of drug-likeness (QED) is 0.810. The maximum Gasteiger partial charge on any atom is 0.292 e. The summed E-state index contributed by atoms with van der Waals surface area (Å²) in [6.45, 7) is 12.3. The van der Waals surface area contributed by atoms with Gasteiger partial charge in [0.15, 0.2) is 0 Å². The lowest BCUT2D eigenvalue weighted by atomic mass is 9.99. The van der Waals surface area contributed by atoms with Crippen molar-refractivity contribution < 1.29 is 9.68 Å². The normalized spacial score (nSPS) is 13.8. The fourth-order valence-corrected chi connectivity index (χ4v) is 3.42. The molecule has 24 heavy (non-hydrogen) atoms. The highest BCUT2D eigenvalue weighted by atomic mass is 16.7. The standard InChI is InChI=1S/C20H22N2O2/c1-11-7-13(3)17(14(4)8-11)19-21-24-20(22-23-19)18-15(5)9-12(2)10-16(18)6/h7-10H,1-6H3. The van der Waals surface area contributed by atoms with Gasteiger partial charge in [0, 0.05) is 11.1 Å². The Kier molecular flexibility index (Phi) is 4.14. The molecule has 0 bridgehead atoms. The molecular weight excluding hydrogens is 300 g/mol. The molecule has 0 saturated carbocycles. The highest BCUT2D eigenvalue weighted by molar-refractivity contribution is 6.02. The molecule has 2 aromatic rings. The molecule has 0 saturated heterocycles. The minimum absolute atomic E-state index is 0.399. The zero-order valence-corrected chi connectivity index (χ0v) is 15.0. The lowest BCUT2D eigenvalue weighted by Crippen LogP contribution is -2.19. The van der Waals surface area contributed by atoms with Gasteiger partial charge in [0.2, 0.25) is 0 Å². The molecule has 4 heteroatoms. The Balaban J connectivity index is 1.93. The van der Waals surface area contributed by atoms with Gasteiger partial charge in [-0.05, 0) is 74.1 Å². The molecule has 124 valence electrons. The first-order valence-electron chi connectivity index (χ1n) is 8.03. The van der Waals surface area contributed by atoms with Gasteiger partial charge in [0.05, 0.1) is 0 Å². The fourth-order valence-electron chi connectivity index (χ4n) is 3.42. The number of benzene rings is 2. The second-order valence-electron chi connectivity index (χ2n) is 6.52. The van der Waals surface area contributed by atoms with Gasteiger partial charge in [-0.25, -0.2) is 0 Å². The second-order valence-corrected chi connectivity index (χ2v) is 6.52. The number of nitrogens with zero attached hydrogens (tertiary/aromatic N) is 2. The van der Waals surface area contributed by atoms with E-state index < -0.39 is 0 Å². The third kappa shape index (κ3) is 2.92. The fraction of sp³-hybridized carbons (Fsp3) is 0.300. The molecule has 0 atom stereocenters. The number of aryl methyl sites for hydroxylation is 6. The monoisotopic (exact) mass is 322 g/mol. The van der Waals surface area contributed by atoms with E-state index in [2.05, 4.69) is 48.4 Å². The van der Waals surface area contributed by atoms with Gasteiger partial charge in [-0.15, -0.1) is 0 Å². The molecule has 1 heterocycles. The van der Waals surface area contributed by atoms with Gasteiger partial charge in [-0.1, -0.05) is 35.4 Å². The van der Waals surface area contributed by atoms with Crippen LogP contribution in [0, 0.1) is 41.5 Å². The van der Waals surface area contributed by atoms with Crippen LogP contribution < -0.4 is 0 Å². The van der Waals surface area contributed by atoms with Crippen molar-refractivity contribution in [3.63, 3.8) is 0 Å². The molecule has 0 spiro atoms. The van der Waals surface area contributed by atoms with Crippen molar-refractivity contribution in [1.82, 2.24) is 0 Å². The van der Waals surface area contributed by atoms with Gasteiger partial charge in [-0.3, -0.25) is 0 Å². The highest BCUT2D eigenvalue weighted by Gasteiger charge is 2.22. The van der Waals surface area contributed by atoms with E-state index in [1.165, 1.54) is 11.1 Å². The van der Waals surface area contributed by atoms with Crippen LogP contribution in [0.4, 0.5) is 0 Å². The molecule has 0 N–H and O–H groups in total. The van der Waals surface area contributed by atoms with Crippen LogP contribution >= 0.6 is 0 Å². The summed E-state index contributed by atoms with van der Waals surface area (Å²) in [5.41, 5.74) is 8.66. The SMILES string of the molecule is Cc1cc(C)c(C2=NOC(c3c(C)cc(C)cc3C)=NO2)c(C)c1. The van der Waals surface area contributed by atoms with E-state index >= 15 is 0 Å². The summed E-state index contributed by atoms with van der Waals surface area (Å²) in [6.07, 6.45) is 0. The molecular formula is C20H22N2O2. The van der Waals surface area contributed by atoms with Gasteiger partial charge >= 0.3 is 0 Å². The third-order valence-electron chi connectivity index (χ3n) is 4.21. The van der Waals surface area contributed by atoms with Crippen molar-refractivity contribution in [3.8, 4) is 0 Å². The van der Waals surface area contributed by atoms with E-state index in [0.29, 0.717) is 11.8 Å². The summed E-state index contributed by atoms with van der Waals surface area (Å²) >= 11 is 0. The first-order chi connectivity index (χ1) is 11.4. The molecule has 1 aliphatic rings. The molecule has 0 aromatic heterocycles. The number of oxime groups is 2. The van der Waals surface area contributed by atoms with Crippen LogP contribution in [0.25, 0.3) is 0 Å². The van der Waals surface area contributed by atoms with Crippen molar-refractivity contribution in [2.75, 3.05) is 0 Å². The van der Waals surface area contributed by atoms with Crippen molar-refractivity contribution in [3.05, 3.63) is 68.8 Å². The van der Waals surface area contributed by atoms with E-state index in [0.717, 1.165) is 33.4 Å². The molecule has 0 aliphatic carbocycles. The maximum absolute atomic E-state index is 5.59. The zero-order chi connectivity index (χ0) is 17.4. The van der Waals surface area contributed by atoms with Crippen molar-refractivity contribution in [1.29, 1.82) is 0 Å². The molecule has 3 rings (SSSR count). The molecule has 0 fully saturated rings. The lowest BCUT2D eigenvalue weighted by molar-refractivity contribution is 0.218. The van der Waals surface area contributed by atoms with Crippen LogP contribution in [0.3, 0.4) is 0 Å². The molecule has 4 nitrogen and oxygen atoms in total. The van der Waals surface area contributed by atoms with Crippen LogP contribution in [0.1, 0.15) is 44.5 Å². The molecule has 0 unspecified atom stereocenters. The van der Waals surface area contributed by atoms with E-state index in [9.17, 15) is 0 Å². The predicted octanol–water partition coefficient (Wildman–Crippen LogP) is 4.61. The number of rotatable bonds is 2. The molecule has 0 amide bonds. The van der Waals surface area contributed by atoms with Crippen molar-refractivity contribution in [2.24, 2.45) is 10.3 Å². The summed E-state index contributed by atoms with van der Waals surface area (Å²) in [7, 11) is 0. The summed E-state index contributed by atoms with van der Waals surface area (Å²) in [6, 6.07) is 8.40. The Bertz CT molecular complexity index is 760. The topological polar surface area (TPSA) is 43.2 Å². The van der Waals surface area contributed by atoms with Crippen LogP contribution in [-0.4, -0.2) is 11.8 Å². The van der Waals surface area contributed by atoms with Crippen LogP contribution in [-0.2, 0) is 9.68 Å². The highest BCUT2D eigenvalue weighted by Crippen LogP contribution is 2.23. The Morgan fingerprint density at radius 1 is 0.542 bits per heavy atom. The molecule has 1 aliphatic heterocycles. The van der Waals surface area contributed by atoms with Gasteiger partial charge in [0.25, 0.3) is 11.8 Å². The molecule has 2 aromatic carbocycles. The van der Waals surface area contributed by atoms with Gasteiger partial charge in [0.1, 0.15) is 0 Å². The minimum Gasteiger partial charge on any atom is -0.329 e. The first kappa shape index (κ1) is 16.2. The van der Waals surface area contributed by atoms with Crippen molar-refractivity contribution in [2.45, 2.75) is 41.5 Å². The third-order valence-corrected chi connectivity index (χ3v) is 4.21. The largest absolute Gasteiger partial charge is 0.329 e. The Morgan fingerprint density at radius 2 is 0.833 bits per heavy atom. The van der Waals surface area contributed by atoms with E-state index in [-0.39, 0.29) is 0 Å². The summed E-state index contributed by atoms with van der Waals surface area (Å²) < 4.78 is 0. The summed E-state index contributed by atoms with van der Waals surface area (Å²) in [5.74, 6) is 0.798. The Morgan fingerprint density at radius 3 is 1.08 bits per heavy atom.